The van der Waals surface area contributed by atoms with E-state index in [0.29, 0.717) is 5.82 Å². The molecule has 2 aromatic rings. The molecule has 1 N–H and O–H groups in total. The quantitative estimate of drug-likeness (QED) is 0.900. The van der Waals surface area contributed by atoms with Crippen molar-refractivity contribution in [3.8, 4) is 5.69 Å². The van der Waals surface area contributed by atoms with E-state index in [4.69, 9.17) is 5.11 Å². The van der Waals surface area contributed by atoms with Gasteiger partial charge in [0.25, 0.3) is 5.82 Å². The van der Waals surface area contributed by atoms with Crippen LogP contribution in [0.1, 0.15) is 42.8 Å². The summed E-state index contributed by atoms with van der Waals surface area (Å²) < 4.78 is 1.62. The van der Waals surface area contributed by atoms with E-state index in [2.05, 4.69) is 10.1 Å². The Balaban J connectivity index is 2.69. The van der Waals surface area contributed by atoms with E-state index in [0.717, 1.165) is 11.3 Å². The molecule has 1 aromatic heterocycles. The molecule has 1 aromatic carbocycles. The van der Waals surface area contributed by atoms with Crippen molar-refractivity contribution in [2.45, 2.75) is 33.1 Å². The number of hydrogen-bond donors (Lipinski definition) is 1. The summed E-state index contributed by atoms with van der Waals surface area (Å²) in [5.74, 6) is -0.648. The zero-order valence-electron chi connectivity index (χ0n) is 11.5. The largest absolute Gasteiger partial charge is 0.475 e. The molecule has 0 amide bonds. The van der Waals surface area contributed by atoms with E-state index < -0.39 is 5.97 Å². The smallest absolute Gasteiger partial charge is 0.375 e. The molecule has 0 spiro atoms. The summed E-state index contributed by atoms with van der Waals surface area (Å²) in [5.41, 5.74) is 1.59. The molecule has 0 unspecified atom stereocenters. The molecule has 0 aliphatic heterocycles. The highest BCUT2D eigenvalue weighted by Gasteiger charge is 2.26. The average Bonchev–Trinajstić information content (AvgIpc) is 2.74. The van der Waals surface area contributed by atoms with Crippen LogP contribution in [0.4, 0.5) is 0 Å². The maximum absolute atomic E-state index is 11.1. The third-order valence-corrected chi connectivity index (χ3v) is 2.81. The third-order valence-electron chi connectivity index (χ3n) is 2.81. The minimum Gasteiger partial charge on any atom is -0.475 e. The van der Waals surface area contributed by atoms with Crippen molar-refractivity contribution < 1.29 is 9.90 Å². The van der Waals surface area contributed by atoms with Crippen molar-refractivity contribution in [1.82, 2.24) is 14.8 Å². The molecule has 1 heterocycles. The Labute approximate surface area is 111 Å². The zero-order valence-corrected chi connectivity index (χ0v) is 11.5. The van der Waals surface area contributed by atoms with Gasteiger partial charge < -0.3 is 5.11 Å². The lowest BCUT2D eigenvalue weighted by molar-refractivity contribution is 0.0683. The Morgan fingerprint density at radius 2 is 1.89 bits per heavy atom. The van der Waals surface area contributed by atoms with Gasteiger partial charge in [-0.05, 0) is 18.6 Å². The van der Waals surface area contributed by atoms with Gasteiger partial charge in [0.05, 0.1) is 5.69 Å². The standard InChI is InChI=1S/C14H17N3O2/c1-9-7-5-6-8-10(9)17-13(14(2,3)4)15-11(16-17)12(18)19/h5-8H,1-4H3,(H,18,19). The van der Waals surface area contributed by atoms with Gasteiger partial charge in [-0.2, -0.15) is 0 Å². The van der Waals surface area contributed by atoms with Crippen LogP contribution in [0.15, 0.2) is 24.3 Å². The van der Waals surface area contributed by atoms with Crippen molar-refractivity contribution >= 4 is 5.97 Å². The van der Waals surface area contributed by atoms with Gasteiger partial charge in [-0.3, -0.25) is 0 Å². The molecule has 0 aliphatic rings. The molecular weight excluding hydrogens is 242 g/mol. The fourth-order valence-electron chi connectivity index (χ4n) is 1.86. The first-order valence-electron chi connectivity index (χ1n) is 6.07. The van der Waals surface area contributed by atoms with E-state index in [1.165, 1.54) is 0 Å². The number of benzene rings is 1. The Kier molecular flexibility index (Phi) is 3.14. The van der Waals surface area contributed by atoms with Crippen LogP contribution in [0.3, 0.4) is 0 Å². The summed E-state index contributed by atoms with van der Waals surface area (Å²) in [7, 11) is 0. The molecule has 0 aliphatic carbocycles. The van der Waals surface area contributed by atoms with Crippen LogP contribution in [0.2, 0.25) is 0 Å². The number of carboxylic acids is 1. The SMILES string of the molecule is Cc1ccccc1-n1nc(C(=O)O)nc1C(C)(C)C. The number of aryl methyl sites for hydroxylation is 1. The number of aromatic carboxylic acids is 1. The predicted molar refractivity (Wildman–Crippen MR) is 71.8 cm³/mol. The first-order valence-corrected chi connectivity index (χ1v) is 6.07. The van der Waals surface area contributed by atoms with Gasteiger partial charge in [0.2, 0.25) is 0 Å². The van der Waals surface area contributed by atoms with Crippen molar-refractivity contribution in [3.63, 3.8) is 0 Å². The lowest BCUT2D eigenvalue weighted by Crippen LogP contribution is -2.19. The highest BCUT2D eigenvalue weighted by atomic mass is 16.4. The van der Waals surface area contributed by atoms with Gasteiger partial charge in [0.15, 0.2) is 0 Å². The molecule has 100 valence electrons. The molecule has 0 saturated heterocycles. The number of carboxylic acid groups (broad SMARTS) is 1. The summed E-state index contributed by atoms with van der Waals surface area (Å²) in [6.07, 6.45) is 0. The number of nitrogens with zero attached hydrogens (tertiary/aromatic N) is 3. The van der Waals surface area contributed by atoms with E-state index in [9.17, 15) is 4.79 Å². The van der Waals surface area contributed by atoms with Crippen LogP contribution in [0.5, 0.6) is 0 Å². The summed E-state index contributed by atoms with van der Waals surface area (Å²) in [6, 6.07) is 7.70. The number of hydrogen-bond acceptors (Lipinski definition) is 3. The van der Waals surface area contributed by atoms with Crippen LogP contribution < -0.4 is 0 Å². The maximum Gasteiger partial charge on any atom is 0.375 e. The predicted octanol–water partition coefficient (Wildman–Crippen LogP) is 2.57. The minimum absolute atomic E-state index is 0.173. The normalized spacial score (nSPS) is 11.6. The van der Waals surface area contributed by atoms with E-state index >= 15 is 0 Å². The van der Waals surface area contributed by atoms with Crippen LogP contribution in [-0.4, -0.2) is 25.8 Å². The molecular formula is C14H17N3O2. The average molecular weight is 259 g/mol. The Bertz CT molecular complexity index is 624. The van der Waals surface area contributed by atoms with Crippen LogP contribution in [-0.2, 0) is 5.41 Å². The highest BCUT2D eigenvalue weighted by molar-refractivity contribution is 5.83. The summed E-state index contributed by atoms with van der Waals surface area (Å²) in [6.45, 7) is 7.91. The number of carbonyl (C=O) groups is 1. The Morgan fingerprint density at radius 1 is 1.26 bits per heavy atom. The number of aromatic nitrogens is 3. The second kappa shape index (κ2) is 4.50. The zero-order chi connectivity index (χ0) is 14.2. The molecule has 19 heavy (non-hydrogen) atoms. The monoisotopic (exact) mass is 259 g/mol. The molecule has 0 bridgehead atoms. The summed E-state index contributed by atoms with van der Waals surface area (Å²) in [4.78, 5) is 15.2. The van der Waals surface area contributed by atoms with Gasteiger partial charge in [-0.15, -0.1) is 5.10 Å². The van der Waals surface area contributed by atoms with Crippen molar-refractivity contribution in [2.24, 2.45) is 0 Å². The first kappa shape index (κ1) is 13.3. The lowest BCUT2D eigenvalue weighted by atomic mass is 9.95. The van der Waals surface area contributed by atoms with Gasteiger partial charge >= 0.3 is 5.97 Å². The molecule has 0 fully saturated rings. The second-order valence-corrected chi connectivity index (χ2v) is 5.51. The molecule has 5 heteroatoms. The van der Waals surface area contributed by atoms with E-state index in [1.807, 2.05) is 52.0 Å². The molecule has 0 saturated carbocycles. The number of para-hydroxylation sites is 1. The van der Waals surface area contributed by atoms with Crippen LogP contribution in [0, 0.1) is 6.92 Å². The molecule has 2 rings (SSSR count). The summed E-state index contributed by atoms with van der Waals surface area (Å²) >= 11 is 0. The highest BCUT2D eigenvalue weighted by Crippen LogP contribution is 2.24. The van der Waals surface area contributed by atoms with Gasteiger partial charge in [0.1, 0.15) is 5.82 Å². The number of rotatable bonds is 2. The Morgan fingerprint density at radius 3 is 2.42 bits per heavy atom. The maximum atomic E-state index is 11.1. The third kappa shape index (κ3) is 2.50. The fourth-order valence-corrected chi connectivity index (χ4v) is 1.86. The summed E-state index contributed by atoms with van der Waals surface area (Å²) in [5, 5.41) is 13.2. The molecule has 0 atom stereocenters. The lowest BCUT2D eigenvalue weighted by Gasteiger charge is -2.19. The van der Waals surface area contributed by atoms with Gasteiger partial charge in [-0.1, -0.05) is 39.0 Å². The fraction of sp³-hybridized carbons (Fsp3) is 0.357. The molecule has 0 radical (unpaired) electrons. The molecule has 5 nitrogen and oxygen atoms in total. The minimum atomic E-state index is -1.11. The van der Waals surface area contributed by atoms with E-state index in [1.54, 1.807) is 4.68 Å². The van der Waals surface area contributed by atoms with Gasteiger partial charge in [0, 0.05) is 5.41 Å². The van der Waals surface area contributed by atoms with Crippen molar-refractivity contribution in [2.75, 3.05) is 0 Å². The Hall–Kier alpha value is -2.17. The van der Waals surface area contributed by atoms with Crippen molar-refractivity contribution in [1.29, 1.82) is 0 Å². The second-order valence-electron chi connectivity index (χ2n) is 5.51. The van der Waals surface area contributed by atoms with Crippen LogP contribution >= 0.6 is 0 Å². The van der Waals surface area contributed by atoms with Crippen LogP contribution in [0.25, 0.3) is 5.69 Å². The topological polar surface area (TPSA) is 68.0 Å². The first-order chi connectivity index (χ1) is 8.80. The van der Waals surface area contributed by atoms with Gasteiger partial charge in [-0.25, -0.2) is 14.5 Å². The van der Waals surface area contributed by atoms with Crippen molar-refractivity contribution in [3.05, 3.63) is 41.5 Å². The van der Waals surface area contributed by atoms with E-state index in [-0.39, 0.29) is 11.2 Å².